The lowest BCUT2D eigenvalue weighted by molar-refractivity contribution is -0.137. The van der Waals surface area contributed by atoms with Crippen molar-refractivity contribution in [3.8, 4) is 0 Å². The summed E-state index contributed by atoms with van der Waals surface area (Å²) in [6.07, 6.45) is 0.749. The Morgan fingerprint density at radius 2 is 1.96 bits per heavy atom. The van der Waals surface area contributed by atoms with Gasteiger partial charge in [-0.05, 0) is 18.4 Å². The molecule has 9 heteroatoms. The number of hydrogen-bond acceptors (Lipinski definition) is 4. The zero-order chi connectivity index (χ0) is 18.9. The Morgan fingerprint density at radius 3 is 2.58 bits per heavy atom. The van der Waals surface area contributed by atoms with Crippen molar-refractivity contribution in [2.45, 2.75) is 25.3 Å². The molecule has 5 amide bonds. The fraction of sp³-hybridized carbons (Fsp3) is 0.412. The molecular formula is C17H22N4O5. The van der Waals surface area contributed by atoms with Crippen molar-refractivity contribution in [3.63, 3.8) is 0 Å². The van der Waals surface area contributed by atoms with E-state index in [-0.39, 0.29) is 38.0 Å². The molecule has 2 rings (SSSR count). The number of carboxylic acids is 1. The number of nitrogens with one attached hydrogen (secondary N) is 3. The maximum absolute atomic E-state index is 12.1. The van der Waals surface area contributed by atoms with Crippen LogP contribution in [0.5, 0.6) is 0 Å². The number of nitrogens with zero attached hydrogens (tertiary/aromatic N) is 1. The number of amides is 5. The molecule has 0 aliphatic carbocycles. The average molecular weight is 362 g/mol. The van der Waals surface area contributed by atoms with Crippen molar-refractivity contribution >= 4 is 23.9 Å². The van der Waals surface area contributed by atoms with Crippen molar-refractivity contribution < 1.29 is 24.3 Å². The van der Waals surface area contributed by atoms with Crippen LogP contribution in [0.2, 0.25) is 0 Å². The van der Waals surface area contributed by atoms with E-state index in [0.717, 1.165) is 10.5 Å². The van der Waals surface area contributed by atoms with Crippen LogP contribution >= 0.6 is 0 Å². The van der Waals surface area contributed by atoms with Gasteiger partial charge in [0.05, 0.1) is 6.54 Å². The summed E-state index contributed by atoms with van der Waals surface area (Å²) in [5.41, 5.74) is 0.988. The lowest BCUT2D eigenvalue weighted by atomic mass is 10.0. The lowest BCUT2D eigenvalue weighted by Gasteiger charge is -2.19. The van der Waals surface area contributed by atoms with Gasteiger partial charge in [-0.15, -0.1) is 0 Å². The van der Waals surface area contributed by atoms with Crippen LogP contribution in [0.15, 0.2) is 30.3 Å². The lowest BCUT2D eigenvalue weighted by Crippen LogP contribution is -2.46. The molecule has 1 unspecified atom stereocenters. The normalized spacial score (nSPS) is 14.7. The molecule has 9 nitrogen and oxygen atoms in total. The van der Waals surface area contributed by atoms with Gasteiger partial charge >= 0.3 is 18.0 Å². The van der Waals surface area contributed by atoms with Crippen LogP contribution in [0.4, 0.5) is 9.59 Å². The number of benzene rings is 1. The van der Waals surface area contributed by atoms with Crippen LogP contribution in [0, 0.1) is 0 Å². The molecule has 26 heavy (non-hydrogen) atoms. The van der Waals surface area contributed by atoms with E-state index in [2.05, 4.69) is 16.0 Å². The van der Waals surface area contributed by atoms with E-state index < -0.39 is 18.0 Å². The van der Waals surface area contributed by atoms with E-state index in [1.807, 2.05) is 30.3 Å². The third-order valence-electron chi connectivity index (χ3n) is 3.92. The van der Waals surface area contributed by atoms with E-state index in [0.29, 0.717) is 12.8 Å². The standard InChI is InChI=1S/C17H22N4O5/c22-14-11-19-17(26)21(14)9-8-18-16(25)20-13(6-7-15(23)24)10-12-4-2-1-3-5-12/h1-5,13H,6-11H2,(H,19,26)(H,23,24)(H2,18,20,25). The Labute approximate surface area is 150 Å². The zero-order valence-corrected chi connectivity index (χ0v) is 14.2. The molecule has 0 radical (unpaired) electrons. The molecule has 1 aromatic carbocycles. The van der Waals surface area contributed by atoms with Crippen LogP contribution < -0.4 is 16.0 Å². The first kappa shape index (κ1) is 19.2. The van der Waals surface area contributed by atoms with Gasteiger partial charge in [0.1, 0.15) is 0 Å². The average Bonchev–Trinajstić information content (AvgIpc) is 2.92. The molecule has 140 valence electrons. The van der Waals surface area contributed by atoms with Gasteiger partial charge in [-0.1, -0.05) is 30.3 Å². The summed E-state index contributed by atoms with van der Waals surface area (Å²) >= 11 is 0. The van der Waals surface area contributed by atoms with Crippen LogP contribution in [-0.4, -0.2) is 59.6 Å². The number of urea groups is 2. The van der Waals surface area contributed by atoms with E-state index in [9.17, 15) is 19.2 Å². The Balaban J connectivity index is 1.81. The van der Waals surface area contributed by atoms with Crippen LogP contribution in [0.3, 0.4) is 0 Å². The van der Waals surface area contributed by atoms with Gasteiger partial charge in [0, 0.05) is 25.6 Å². The number of carboxylic acid groups (broad SMARTS) is 1. The summed E-state index contributed by atoms with van der Waals surface area (Å²) in [6, 6.07) is 8.17. The maximum Gasteiger partial charge on any atom is 0.324 e. The molecule has 4 N–H and O–H groups in total. The molecule has 1 aliphatic rings. The van der Waals surface area contributed by atoms with E-state index >= 15 is 0 Å². The SMILES string of the molecule is O=C(O)CCC(Cc1ccccc1)NC(=O)NCCN1C(=O)CNC1=O. The molecule has 1 heterocycles. The van der Waals surface area contributed by atoms with E-state index in [1.54, 1.807) is 0 Å². The minimum atomic E-state index is -0.927. The highest BCUT2D eigenvalue weighted by atomic mass is 16.4. The molecule has 0 bridgehead atoms. The fourth-order valence-corrected chi connectivity index (χ4v) is 2.62. The van der Waals surface area contributed by atoms with Crippen molar-refractivity contribution in [2.24, 2.45) is 0 Å². The highest BCUT2D eigenvalue weighted by molar-refractivity contribution is 6.01. The minimum absolute atomic E-state index is 0.0284. The minimum Gasteiger partial charge on any atom is -0.481 e. The Bertz CT molecular complexity index is 648. The first-order valence-corrected chi connectivity index (χ1v) is 8.34. The zero-order valence-electron chi connectivity index (χ0n) is 14.2. The van der Waals surface area contributed by atoms with Gasteiger partial charge in [-0.25, -0.2) is 9.59 Å². The summed E-state index contributed by atoms with van der Waals surface area (Å²) in [6.45, 7) is 0.165. The summed E-state index contributed by atoms with van der Waals surface area (Å²) in [4.78, 5) is 46.8. The van der Waals surface area contributed by atoms with Crippen molar-refractivity contribution in [1.82, 2.24) is 20.9 Å². The molecule has 0 spiro atoms. The van der Waals surface area contributed by atoms with Crippen LogP contribution in [0.1, 0.15) is 18.4 Å². The molecule has 1 atom stereocenters. The van der Waals surface area contributed by atoms with Crippen LogP contribution in [0.25, 0.3) is 0 Å². The van der Waals surface area contributed by atoms with E-state index in [1.165, 1.54) is 0 Å². The number of hydrogen-bond donors (Lipinski definition) is 4. The highest BCUT2D eigenvalue weighted by Crippen LogP contribution is 2.08. The number of aliphatic carboxylic acids is 1. The smallest absolute Gasteiger partial charge is 0.324 e. The van der Waals surface area contributed by atoms with Gasteiger partial charge in [0.25, 0.3) is 0 Å². The molecule has 1 saturated heterocycles. The molecular weight excluding hydrogens is 340 g/mol. The molecule has 0 aromatic heterocycles. The monoisotopic (exact) mass is 362 g/mol. The maximum atomic E-state index is 12.1. The number of rotatable bonds is 9. The first-order chi connectivity index (χ1) is 12.5. The highest BCUT2D eigenvalue weighted by Gasteiger charge is 2.27. The van der Waals surface area contributed by atoms with Crippen molar-refractivity contribution in [2.75, 3.05) is 19.6 Å². The predicted molar refractivity (Wildman–Crippen MR) is 92.4 cm³/mol. The Kier molecular flexibility index (Phi) is 6.95. The summed E-state index contributed by atoms with van der Waals surface area (Å²) in [5.74, 6) is -1.26. The summed E-state index contributed by atoms with van der Waals surface area (Å²) in [7, 11) is 0. The molecule has 1 fully saturated rings. The second-order valence-corrected chi connectivity index (χ2v) is 5.92. The molecule has 1 aromatic rings. The second kappa shape index (κ2) is 9.40. The van der Waals surface area contributed by atoms with Gasteiger partial charge in [-0.3, -0.25) is 14.5 Å². The van der Waals surface area contributed by atoms with Crippen LogP contribution in [-0.2, 0) is 16.0 Å². The topological polar surface area (TPSA) is 128 Å². The van der Waals surface area contributed by atoms with Gasteiger partial charge < -0.3 is 21.1 Å². The van der Waals surface area contributed by atoms with Crippen molar-refractivity contribution in [3.05, 3.63) is 35.9 Å². The van der Waals surface area contributed by atoms with Gasteiger partial charge in [-0.2, -0.15) is 0 Å². The predicted octanol–water partition coefficient (Wildman–Crippen LogP) is 0.314. The third-order valence-corrected chi connectivity index (χ3v) is 3.92. The number of carbonyl (C=O) groups excluding carboxylic acids is 3. The first-order valence-electron chi connectivity index (χ1n) is 8.34. The van der Waals surface area contributed by atoms with Crippen molar-refractivity contribution in [1.29, 1.82) is 0 Å². The molecule has 0 saturated carbocycles. The number of carbonyl (C=O) groups is 4. The third kappa shape index (κ3) is 6.08. The number of imide groups is 1. The van der Waals surface area contributed by atoms with E-state index in [4.69, 9.17) is 5.11 Å². The van der Waals surface area contributed by atoms with Gasteiger partial charge in [0.2, 0.25) is 5.91 Å². The Hall–Kier alpha value is -3.10. The fourth-order valence-electron chi connectivity index (χ4n) is 2.62. The second-order valence-electron chi connectivity index (χ2n) is 5.92. The molecule has 1 aliphatic heterocycles. The largest absolute Gasteiger partial charge is 0.481 e. The van der Waals surface area contributed by atoms with Gasteiger partial charge in [0.15, 0.2) is 0 Å². The summed E-state index contributed by atoms with van der Waals surface area (Å²) < 4.78 is 0. The Morgan fingerprint density at radius 1 is 1.23 bits per heavy atom. The quantitative estimate of drug-likeness (QED) is 0.470. The summed E-state index contributed by atoms with van der Waals surface area (Å²) in [5, 5.41) is 16.6.